The van der Waals surface area contributed by atoms with Crippen molar-refractivity contribution in [3.63, 3.8) is 0 Å². The number of carbonyl (C=O) groups excluding carboxylic acids is 2. The molecule has 3 rings (SSSR count). The van der Waals surface area contributed by atoms with Gasteiger partial charge in [-0.05, 0) is 35.4 Å². The Hall–Kier alpha value is -2.64. The summed E-state index contributed by atoms with van der Waals surface area (Å²) in [6.07, 6.45) is -0.361. The quantitative estimate of drug-likeness (QED) is 0.840. The molecule has 2 aromatic rings. The number of primary amides is 1. The third-order valence-corrected chi connectivity index (χ3v) is 4.63. The molecule has 1 aliphatic heterocycles. The van der Waals surface area contributed by atoms with Crippen molar-refractivity contribution in [2.24, 2.45) is 5.73 Å². The molecule has 6 nitrogen and oxygen atoms in total. The van der Waals surface area contributed by atoms with E-state index in [4.69, 9.17) is 22.1 Å². The summed E-state index contributed by atoms with van der Waals surface area (Å²) < 4.78 is 19.1. The van der Waals surface area contributed by atoms with E-state index in [2.05, 4.69) is 5.32 Å². The van der Waals surface area contributed by atoms with Crippen molar-refractivity contribution >= 4 is 23.5 Å². The topological polar surface area (TPSA) is 84.7 Å². The second kappa shape index (κ2) is 8.37. The monoisotopic (exact) mass is 391 g/mol. The van der Waals surface area contributed by atoms with Crippen LogP contribution in [0, 0.1) is 5.82 Å². The molecular weight excluding hydrogens is 373 g/mol. The second-order valence-corrected chi connectivity index (χ2v) is 6.61. The van der Waals surface area contributed by atoms with Gasteiger partial charge in [0.15, 0.2) is 0 Å². The highest BCUT2D eigenvalue weighted by molar-refractivity contribution is 6.30. The van der Waals surface area contributed by atoms with Crippen molar-refractivity contribution in [2.45, 2.75) is 12.6 Å². The Morgan fingerprint density at radius 1 is 1.26 bits per heavy atom. The fraction of sp³-hybridized carbons (Fsp3) is 0.263. The minimum Gasteiger partial charge on any atom is -0.370 e. The SMILES string of the molecule is NC(=O)NCc1ccc(C(=O)N2CCOC(c3ccc(F)c(Cl)c3)C2)cc1. The average molecular weight is 392 g/mol. The normalized spacial score (nSPS) is 16.8. The van der Waals surface area contributed by atoms with Gasteiger partial charge in [-0.3, -0.25) is 4.79 Å². The van der Waals surface area contributed by atoms with Gasteiger partial charge in [0.05, 0.1) is 18.2 Å². The van der Waals surface area contributed by atoms with Crippen LogP contribution in [0.25, 0.3) is 0 Å². The predicted octanol–water partition coefficient (Wildman–Crippen LogP) is 2.86. The lowest BCUT2D eigenvalue weighted by molar-refractivity contribution is -0.0228. The molecule has 3 N–H and O–H groups in total. The summed E-state index contributed by atoms with van der Waals surface area (Å²) >= 11 is 5.84. The van der Waals surface area contributed by atoms with Crippen LogP contribution in [0.15, 0.2) is 42.5 Å². The summed E-state index contributed by atoms with van der Waals surface area (Å²) in [7, 11) is 0. The molecule has 0 radical (unpaired) electrons. The van der Waals surface area contributed by atoms with Crippen molar-refractivity contribution in [2.75, 3.05) is 19.7 Å². The van der Waals surface area contributed by atoms with Crippen LogP contribution in [0.4, 0.5) is 9.18 Å². The highest BCUT2D eigenvalue weighted by Gasteiger charge is 2.26. The molecule has 0 bridgehead atoms. The van der Waals surface area contributed by atoms with Crippen molar-refractivity contribution in [1.82, 2.24) is 10.2 Å². The van der Waals surface area contributed by atoms with E-state index in [9.17, 15) is 14.0 Å². The lowest BCUT2D eigenvalue weighted by Gasteiger charge is -2.33. The molecule has 8 heteroatoms. The minimum atomic E-state index is -0.601. The van der Waals surface area contributed by atoms with E-state index in [0.29, 0.717) is 31.8 Å². The summed E-state index contributed by atoms with van der Waals surface area (Å²) in [6.45, 7) is 1.50. The van der Waals surface area contributed by atoms with E-state index in [-0.39, 0.29) is 17.0 Å². The Labute approximate surface area is 161 Å². The van der Waals surface area contributed by atoms with Gasteiger partial charge in [0.25, 0.3) is 5.91 Å². The summed E-state index contributed by atoms with van der Waals surface area (Å²) in [5, 5.41) is 2.52. The van der Waals surface area contributed by atoms with Gasteiger partial charge in [-0.1, -0.05) is 29.8 Å². The minimum absolute atomic E-state index is 0.0275. The van der Waals surface area contributed by atoms with Gasteiger partial charge >= 0.3 is 6.03 Å². The van der Waals surface area contributed by atoms with Gasteiger partial charge in [-0.2, -0.15) is 0 Å². The molecule has 1 fully saturated rings. The lowest BCUT2D eigenvalue weighted by atomic mass is 10.1. The Balaban J connectivity index is 1.67. The Kier molecular flexibility index (Phi) is 5.93. The number of rotatable bonds is 4. The van der Waals surface area contributed by atoms with Crippen molar-refractivity contribution in [3.05, 3.63) is 70.0 Å². The van der Waals surface area contributed by atoms with Gasteiger partial charge in [-0.15, -0.1) is 0 Å². The van der Waals surface area contributed by atoms with Crippen LogP contribution in [0.3, 0.4) is 0 Å². The first-order valence-corrected chi connectivity index (χ1v) is 8.80. The Bertz CT molecular complexity index is 845. The molecule has 0 saturated carbocycles. The third kappa shape index (κ3) is 4.75. The largest absolute Gasteiger partial charge is 0.370 e. The number of halogens is 2. The van der Waals surface area contributed by atoms with Crippen LogP contribution >= 0.6 is 11.6 Å². The summed E-state index contributed by atoms with van der Waals surface area (Å²) in [4.78, 5) is 25.2. The maximum Gasteiger partial charge on any atom is 0.312 e. The zero-order valence-electron chi connectivity index (χ0n) is 14.5. The van der Waals surface area contributed by atoms with Crippen molar-refractivity contribution in [1.29, 1.82) is 0 Å². The number of amides is 3. The van der Waals surface area contributed by atoms with Crippen LogP contribution in [0.2, 0.25) is 5.02 Å². The van der Waals surface area contributed by atoms with E-state index in [1.54, 1.807) is 35.2 Å². The van der Waals surface area contributed by atoms with Crippen molar-refractivity contribution in [3.8, 4) is 0 Å². The van der Waals surface area contributed by atoms with Crippen LogP contribution in [-0.4, -0.2) is 36.5 Å². The molecule has 0 aromatic heterocycles. The molecule has 0 spiro atoms. The number of hydrogen-bond donors (Lipinski definition) is 2. The number of nitrogens with one attached hydrogen (secondary N) is 1. The average Bonchev–Trinajstić information content (AvgIpc) is 2.68. The van der Waals surface area contributed by atoms with Crippen LogP contribution < -0.4 is 11.1 Å². The van der Waals surface area contributed by atoms with E-state index in [1.165, 1.54) is 12.1 Å². The van der Waals surface area contributed by atoms with E-state index >= 15 is 0 Å². The molecule has 142 valence electrons. The Morgan fingerprint density at radius 3 is 2.67 bits per heavy atom. The maximum atomic E-state index is 13.4. The number of urea groups is 1. The van der Waals surface area contributed by atoms with Gasteiger partial charge in [0.2, 0.25) is 0 Å². The number of hydrogen-bond acceptors (Lipinski definition) is 3. The van der Waals surface area contributed by atoms with Crippen molar-refractivity contribution < 1.29 is 18.7 Å². The van der Waals surface area contributed by atoms with E-state index in [1.807, 2.05) is 0 Å². The first kappa shape index (κ1) is 19.1. The van der Waals surface area contributed by atoms with Gasteiger partial charge < -0.3 is 20.7 Å². The first-order valence-electron chi connectivity index (χ1n) is 8.42. The third-order valence-electron chi connectivity index (χ3n) is 4.34. The number of morpholine rings is 1. The molecule has 1 saturated heterocycles. The number of nitrogens with two attached hydrogens (primary N) is 1. The molecule has 27 heavy (non-hydrogen) atoms. The standard InChI is InChI=1S/C19H19ClFN3O3/c20-15-9-14(5-6-16(15)21)17-11-24(7-8-27-17)18(25)13-3-1-12(2-4-13)10-23-19(22)26/h1-6,9,17H,7-8,10-11H2,(H3,22,23,26). The zero-order valence-corrected chi connectivity index (χ0v) is 15.2. The maximum absolute atomic E-state index is 13.4. The molecule has 3 amide bonds. The molecule has 2 aromatic carbocycles. The smallest absolute Gasteiger partial charge is 0.312 e. The molecule has 1 atom stereocenters. The highest BCUT2D eigenvalue weighted by atomic mass is 35.5. The second-order valence-electron chi connectivity index (χ2n) is 6.20. The first-order chi connectivity index (χ1) is 12.9. The summed E-state index contributed by atoms with van der Waals surface area (Å²) in [5.74, 6) is -0.610. The number of nitrogens with zero attached hydrogens (tertiary/aromatic N) is 1. The zero-order chi connectivity index (χ0) is 19.4. The summed E-state index contributed by atoms with van der Waals surface area (Å²) in [5.41, 5.74) is 7.15. The van der Waals surface area contributed by atoms with Crippen LogP contribution in [0.5, 0.6) is 0 Å². The highest BCUT2D eigenvalue weighted by Crippen LogP contribution is 2.26. The fourth-order valence-corrected chi connectivity index (χ4v) is 3.07. The van der Waals surface area contributed by atoms with Gasteiger partial charge in [-0.25, -0.2) is 9.18 Å². The molecule has 1 unspecified atom stereocenters. The molecule has 0 aliphatic carbocycles. The fourth-order valence-electron chi connectivity index (χ4n) is 2.88. The predicted molar refractivity (Wildman–Crippen MR) is 98.9 cm³/mol. The molecular formula is C19H19ClFN3O3. The van der Waals surface area contributed by atoms with E-state index < -0.39 is 11.8 Å². The number of benzene rings is 2. The van der Waals surface area contributed by atoms with Gasteiger partial charge in [0.1, 0.15) is 11.9 Å². The van der Waals surface area contributed by atoms with Crippen LogP contribution in [-0.2, 0) is 11.3 Å². The Morgan fingerprint density at radius 2 is 2.00 bits per heavy atom. The summed E-state index contributed by atoms with van der Waals surface area (Å²) in [6, 6.07) is 10.8. The van der Waals surface area contributed by atoms with E-state index in [0.717, 1.165) is 11.1 Å². The lowest BCUT2D eigenvalue weighted by Crippen LogP contribution is -2.42. The van der Waals surface area contributed by atoms with Gasteiger partial charge in [0, 0.05) is 18.7 Å². The molecule has 1 aliphatic rings. The number of ether oxygens (including phenoxy) is 1. The molecule has 1 heterocycles. The van der Waals surface area contributed by atoms with Crippen LogP contribution in [0.1, 0.15) is 27.6 Å². The number of carbonyl (C=O) groups is 2.